The molecule has 1 aromatic heterocycles. The fourth-order valence-corrected chi connectivity index (χ4v) is 5.70. The number of thiophene rings is 1. The summed E-state index contributed by atoms with van der Waals surface area (Å²) < 4.78 is 33.7. The van der Waals surface area contributed by atoms with E-state index in [9.17, 15) is 13.6 Å². The van der Waals surface area contributed by atoms with Crippen molar-refractivity contribution in [3.8, 4) is 4.90 Å². The number of hydrogen-bond donors (Lipinski definition) is 0. The summed E-state index contributed by atoms with van der Waals surface area (Å²) in [6, 6.07) is 21.4. The Bertz CT molecular complexity index is 1240. The summed E-state index contributed by atoms with van der Waals surface area (Å²) in [7, 11) is -0.154. The molecule has 1 atom stereocenters. The number of ether oxygens (including phenoxy) is 1. The van der Waals surface area contributed by atoms with E-state index in [-0.39, 0.29) is 10.5 Å². The molecular formula is C25H21F2O2S+. The van der Waals surface area contributed by atoms with Gasteiger partial charge in [-0.2, -0.15) is 0 Å². The summed E-state index contributed by atoms with van der Waals surface area (Å²) in [5, 5.41) is 1.23. The van der Waals surface area contributed by atoms with Crippen molar-refractivity contribution >= 4 is 26.5 Å². The van der Waals surface area contributed by atoms with Gasteiger partial charge in [-0.3, -0.25) is 0 Å². The van der Waals surface area contributed by atoms with Crippen LogP contribution in [0.4, 0.5) is 8.78 Å². The molecule has 1 unspecified atom stereocenters. The van der Waals surface area contributed by atoms with Gasteiger partial charge in [0.25, 0.3) is 0 Å². The second kappa shape index (κ2) is 7.65. The third-order valence-corrected chi connectivity index (χ3v) is 7.43. The molecule has 0 aliphatic rings. The summed E-state index contributed by atoms with van der Waals surface area (Å²) in [6.45, 7) is 5.42. The number of esters is 1. The number of hydrogen-bond acceptors (Lipinski definition) is 2. The van der Waals surface area contributed by atoms with Crippen molar-refractivity contribution in [3.63, 3.8) is 0 Å². The van der Waals surface area contributed by atoms with Gasteiger partial charge >= 0.3 is 5.97 Å². The van der Waals surface area contributed by atoms with E-state index in [1.807, 2.05) is 24.3 Å². The first-order chi connectivity index (χ1) is 14.3. The lowest BCUT2D eigenvalue weighted by Gasteiger charge is -2.25. The largest absolute Gasteiger partial charge is 0.451 e. The second-order valence-corrected chi connectivity index (χ2v) is 9.82. The predicted molar refractivity (Wildman–Crippen MR) is 117 cm³/mol. The van der Waals surface area contributed by atoms with Crippen LogP contribution in [0, 0.1) is 18.6 Å². The summed E-state index contributed by atoms with van der Waals surface area (Å²) in [4.78, 5) is 15.1. The van der Waals surface area contributed by atoms with E-state index < -0.39 is 23.2 Å². The lowest BCUT2D eigenvalue weighted by atomic mass is 9.97. The maximum Gasteiger partial charge on any atom is 0.338 e. The van der Waals surface area contributed by atoms with Crippen molar-refractivity contribution < 1.29 is 18.3 Å². The van der Waals surface area contributed by atoms with Gasteiger partial charge in [0.2, 0.25) is 0 Å². The van der Waals surface area contributed by atoms with Crippen LogP contribution in [0.25, 0.3) is 15.0 Å². The Labute approximate surface area is 176 Å². The van der Waals surface area contributed by atoms with Crippen molar-refractivity contribution in [2.75, 3.05) is 0 Å². The zero-order valence-electron chi connectivity index (χ0n) is 16.9. The monoisotopic (exact) mass is 423 g/mol. The Balaban J connectivity index is 1.58. The number of halogens is 2. The van der Waals surface area contributed by atoms with Crippen molar-refractivity contribution in [2.24, 2.45) is 0 Å². The molecule has 0 bridgehead atoms. The summed E-state index contributed by atoms with van der Waals surface area (Å²) in [6.07, 6.45) is 0. The van der Waals surface area contributed by atoms with Crippen LogP contribution >= 0.6 is 10.5 Å². The molecule has 0 amide bonds. The predicted octanol–water partition coefficient (Wildman–Crippen LogP) is 7.26. The van der Waals surface area contributed by atoms with Crippen molar-refractivity contribution in [1.29, 1.82) is 0 Å². The first-order valence-corrected chi connectivity index (χ1v) is 10.8. The fourth-order valence-electron chi connectivity index (χ4n) is 3.50. The van der Waals surface area contributed by atoms with Crippen molar-refractivity contribution in [3.05, 3.63) is 100 Å². The maximum absolute atomic E-state index is 13.6. The second-order valence-electron chi connectivity index (χ2n) is 7.65. The molecule has 2 nitrogen and oxygen atoms in total. The molecule has 5 heteroatoms. The van der Waals surface area contributed by atoms with E-state index in [1.54, 1.807) is 26.0 Å². The first kappa shape index (κ1) is 20.2. The minimum absolute atomic E-state index is 0.154. The number of fused-ring (bicyclic) bond motifs is 1. The smallest absolute Gasteiger partial charge is 0.338 e. The molecule has 0 spiro atoms. The van der Waals surface area contributed by atoms with Gasteiger partial charge in [-0.1, -0.05) is 18.2 Å². The normalized spacial score (nSPS) is 12.2. The van der Waals surface area contributed by atoms with Crippen LogP contribution in [0.15, 0.2) is 72.8 Å². The fraction of sp³-hybridized carbons (Fsp3) is 0.160. The number of benzene rings is 3. The minimum Gasteiger partial charge on any atom is -0.451 e. The molecule has 3 aromatic carbocycles. The Kier molecular flexibility index (Phi) is 5.16. The highest BCUT2D eigenvalue weighted by Gasteiger charge is 2.28. The van der Waals surface area contributed by atoms with Crippen LogP contribution in [0.3, 0.4) is 0 Å². The lowest BCUT2D eigenvalue weighted by Crippen LogP contribution is -2.26. The Morgan fingerprint density at radius 3 is 2.30 bits per heavy atom. The Morgan fingerprint density at radius 1 is 0.900 bits per heavy atom. The highest BCUT2D eigenvalue weighted by Crippen LogP contribution is 2.43. The van der Waals surface area contributed by atoms with Gasteiger partial charge in [0, 0.05) is 28.8 Å². The summed E-state index contributed by atoms with van der Waals surface area (Å²) >= 11 is 0. The van der Waals surface area contributed by atoms with Crippen LogP contribution in [0.1, 0.15) is 34.6 Å². The van der Waals surface area contributed by atoms with E-state index in [0.717, 1.165) is 17.0 Å². The van der Waals surface area contributed by atoms with Gasteiger partial charge in [-0.15, -0.1) is 0 Å². The van der Waals surface area contributed by atoms with E-state index in [4.69, 9.17) is 4.74 Å². The molecule has 0 saturated heterocycles. The molecule has 0 aliphatic carbocycles. The molecule has 1 heterocycles. The standard InChI is InChI=1S/C25H21F2O2S/c1-16-14-18-6-4-5-7-23(18)30(16)20-11-8-17(9-12-20)24(28)29-25(2,3)19-10-13-21(26)22(27)15-19/h4-15H,1-3H3/q+1. The van der Waals surface area contributed by atoms with Crippen molar-refractivity contribution in [2.45, 2.75) is 26.4 Å². The Hall–Kier alpha value is -3.05. The topological polar surface area (TPSA) is 26.3 Å². The van der Waals surface area contributed by atoms with Gasteiger partial charge in [-0.05, 0) is 67.9 Å². The molecule has 0 N–H and O–H groups in total. The quantitative estimate of drug-likeness (QED) is 0.255. The zero-order chi connectivity index (χ0) is 21.5. The van der Waals surface area contributed by atoms with Gasteiger partial charge in [0.15, 0.2) is 26.1 Å². The van der Waals surface area contributed by atoms with E-state index in [0.29, 0.717) is 11.1 Å². The van der Waals surface area contributed by atoms with Gasteiger partial charge < -0.3 is 4.74 Å². The first-order valence-electron chi connectivity index (χ1n) is 9.57. The maximum atomic E-state index is 13.6. The van der Waals surface area contributed by atoms with Crippen LogP contribution in [0.5, 0.6) is 0 Å². The molecule has 30 heavy (non-hydrogen) atoms. The summed E-state index contributed by atoms with van der Waals surface area (Å²) in [5.74, 6) is -2.42. The van der Waals surface area contributed by atoms with Crippen LogP contribution in [0.2, 0.25) is 0 Å². The molecule has 152 valence electrons. The van der Waals surface area contributed by atoms with Crippen LogP contribution in [-0.2, 0) is 10.3 Å². The highest BCUT2D eigenvalue weighted by molar-refractivity contribution is 7.45. The molecule has 0 aliphatic heterocycles. The third-order valence-electron chi connectivity index (χ3n) is 5.11. The minimum atomic E-state index is -1.10. The van der Waals surface area contributed by atoms with E-state index >= 15 is 0 Å². The average molecular weight is 424 g/mol. The molecule has 0 radical (unpaired) electrons. The lowest BCUT2D eigenvalue weighted by molar-refractivity contribution is -0.00328. The van der Waals surface area contributed by atoms with Crippen LogP contribution < -0.4 is 0 Å². The molecule has 4 rings (SSSR count). The highest BCUT2D eigenvalue weighted by atomic mass is 32.2. The number of carbonyl (C=O) groups excluding carboxylic acids is 1. The number of aryl methyl sites for hydroxylation is 1. The third kappa shape index (κ3) is 3.73. The van der Waals surface area contributed by atoms with Crippen LogP contribution in [-0.4, -0.2) is 5.97 Å². The number of carbonyl (C=O) groups is 1. The van der Waals surface area contributed by atoms with Gasteiger partial charge in [-0.25, -0.2) is 13.6 Å². The summed E-state index contributed by atoms with van der Waals surface area (Å²) in [5.41, 5.74) is -0.307. The molecular weight excluding hydrogens is 402 g/mol. The molecule has 0 saturated carbocycles. The molecule has 0 fully saturated rings. The average Bonchev–Trinajstić information content (AvgIpc) is 3.05. The van der Waals surface area contributed by atoms with E-state index in [2.05, 4.69) is 25.1 Å². The van der Waals surface area contributed by atoms with Crippen molar-refractivity contribution in [1.82, 2.24) is 0 Å². The molecule has 4 aromatic rings. The Morgan fingerprint density at radius 2 is 1.60 bits per heavy atom. The SMILES string of the molecule is Cc1cc2ccccc2[s+]1-c1ccc(C(=O)OC(C)(C)c2ccc(F)c(F)c2)cc1. The van der Waals surface area contributed by atoms with Gasteiger partial charge in [0.05, 0.1) is 5.56 Å². The number of rotatable bonds is 4. The van der Waals surface area contributed by atoms with E-state index in [1.165, 1.54) is 21.0 Å². The van der Waals surface area contributed by atoms with Gasteiger partial charge in [0.1, 0.15) is 5.60 Å². The zero-order valence-corrected chi connectivity index (χ0v) is 17.7.